The molecule has 1 N–H and O–H groups in total. The van der Waals surface area contributed by atoms with Gasteiger partial charge in [0.1, 0.15) is 0 Å². The Hall–Kier alpha value is -3.64. The second-order valence-corrected chi connectivity index (χ2v) is 10.0. The van der Waals surface area contributed by atoms with Crippen LogP contribution in [0.1, 0.15) is 37.9 Å². The Morgan fingerprint density at radius 3 is 1.87 bits per heavy atom. The van der Waals surface area contributed by atoms with E-state index in [2.05, 4.69) is 58.7 Å². The number of nitrogens with zero attached hydrogens (tertiary/aromatic N) is 2. The van der Waals surface area contributed by atoms with Crippen LogP contribution in [-0.4, -0.2) is 47.8 Å². The minimum absolute atomic E-state index is 0.112. The van der Waals surface area contributed by atoms with Gasteiger partial charge in [0.15, 0.2) is 0 Å². The number of rotatable bonds is 6. The van der Waals surface area contributed by atoms with Gasteiger partial charge in [0.2, 0.25) is 0 Å². The fraction of sp³-hybridized carbons (Fsp3) is 0.161. The molecule has 38 heavy (non-hydrogen) atoms. The zero-order valence-electron chi connectivity index (χ0n) is 20.7. The van der Waals surface area contributed by atoms with Gasteiger partial charge in [-0.25, -0.2) is 0 Å². The molecule has 4 aromatic rings. The molecule has 0 aliphatic carbocycles. The Labute approximate surface area is 232 Å². The average Bonchev–Trinajstić information content (AvgIpc) is 2.95. The van der Waals surface area contributed by atoms with E-state index in [1.54, 1.807) is 36.4 Å². The summed E-state index contributed by atoms with van der Waals surface area (Å²) in [7, 11) is 0. The first-order valence-electron chi connectivity index (χ1n) is 12.5. The number of para-hydroxylation sites is 1. The summed E-state index contributed by atoms with van der Waals surface area (Å²) >= 11 is 12.2. The molecular weight excluding hydrogens is 517 g/mol. The molecule has 0 aromatic heterocycles. The summed E-state index contributed by atoms with van der Waals surface area (Å²) in [6.07, 6.45) is 0. The van der Waals surface area contributed by atoms with Crippen molar-refractivity contribution in [3.05, 3.63) is 135 Å². The summed E-state index contributed by atoms with van der Waals surface area (Å²) in [6.45, 7) is 2.63. The highest BCUT2D eigenvalue weighted by molar-refractivity contribution is 6.37. The molecule has 192 valence electrons. The maximum absolute atomic E-state index is 13.6. The van der Waals surface area contributed by atoms with E-state index < -0.39 is 5.91 Å². The molecule has 0 unspecified atom stereocenters. The van der Waals surface area contributed by atoms with Gasteiger partial charge in [-0.05, 0) is 41.5 Å². The molecule has 1 fully saturated rings. The van der Waals surface area contributed by atoms with Crippen LogP contribution in [0.5, 0.6) is 0 Å². The number of piperazine rings is 1. The Morgan fingerprint density at radius 2 is 1.26 bits per heavy atom. The predicted octanol–water partition coefficient (Wildman–Crippen LogP) is 6.79. The van der Waals surface area contributed by atoms with E-state index in [0.717, 1.165) is 13.1 Å². The van der Waals surface area contributed by atoms with E-state index in [-0.39, 0.29) is 17.0 Å². The minimum Gasteiger partial charge on any atom is -0.336 e. The molecule has 0 bridgehead atoms. The monoisotopic (exact) mass is 543 g/mol. The molecule has 1 saturated heterocycles. The third kappa shape index (κ3) is 5.76. The van der Waals surface area contributed by atoms with Gasteiger partial charge in [-0.15, -0.1) is 0 Å². The van der Waals surface area contributed by atoms with Crippen LogP contribution in [0.2, 0.25) is 10.0 Å². The molecule has 1 heterocycles. The van der Waals surface area contributed by atoms with Crippen molar-refractivity contribution in [3.8, 4) is 0 Å². The van der Waals surface area contributed by atoms with Gasteiger partial charge in [-0.3, -0.25) is 14.5 Å². The fourth-order valence-corrected chi connectivity index (χ4v) is 5.37. The van der Waals surface area contributed by atoms with Crippen molar-refractivity contribution < 1.29 is 9.59 Å². The smallest absolute Gasteiger partial charge is 0.257 e. The molecule has 0 atom stereocenters. The number of anilines is 1. The molecule has 0 spiro atoms. The van der Waals surface area contributed by atoms with E-state index in [4.69, 9.17) is 23.2 Å². The van der Waals surface area contributed by atoms with E-state index in [9.17, 15) is 9.59 Å². The van der Waals surface area contributed by atoms with Crippen LogP contribution < -0.4 is 5.32 Å². The van der Waals surface area contributed by atoms with Crippen molar-refractivity contribution in [2.45, 2.75) is 6.04 Å². The van der Waals surface area contributed by atoms with Gasteiger partial charge >= 0.3 is 0 Å². The largest absolute Gasteiger partial charge is 0.336 e. The van der Waals surface area contributed by atoms with Gasteiger partial charge in [0, 0.05) is 31.2 Å². The van der Waals surface area contributed by atoms with Crippen LogP contribution in [-0.2, 0) is 0 Å². The van der Waals surface area contributed by atoms with Gasteiger partial charge in [-0.1, -0.05) is 96.0 Å². The number of hydrogen-bond acceptors (Lipinski definition) is 3. The summed E-state index contributed by atoms with van der Waals surface area (Å²) < 4.78 is 0. The number of amides is 2. The molecule has 7 heteroatoms. The first-order valence-corrected chi connectivity index (χ1v) is 13.3. The molecule has 5 rings (SSSR count). The summed E-state index contributed by atoms with van der Waals surface area (Å²) in [6, 6.07) is 32.8. The molecule has 5 nitrogen and oxygen atoms in total. The van der Waals surface area contributed by atoms with E-state index >= 15 is 0 Å². The van der Waals surface area contributed by atoms with Crippen molar-refractivity contribution >= 4 is 40.7 Å². The first kappa shape index (κ1) is 26.0. The number of carbonyl (C=O) groups excluding carboxylic acids is 2. The molecule has 1 aliphatic heterocycles. The standard InChI is InChI=1S/C31H27Cl2N3O2/c32-24-15-16-25(27(33)21-24)30(37)34-28-14-8-7-13-26(28)31(38)36-19-17-35(18-20-36)29(22-9-3-1-4-10-22)23-11-5-2-6-12-23/h1-16,21,29H,17-20H2,(H,34,37). The zero-order valence-corrected chi connectivity index (χ0v) is 22.2. The van der Waals surface area contributed by atoms with Gasteiger partial charge in [0.25, 0.3) is 11.8 Å². The van der Waals surface area contributed by atoms with Crippen LogP contribution in [0, 0.1) is 0 Å². The third-order valence-electron chi connectivity index (χ3n) is 6.78. The second kappa shape index (κ2) is 11.8. The van der Waals surface area contributed by atoms with Gasteiger partial charge in [0.05, 0.1) is 27.9 Å². The number of benzene rings is 4. The van der Waals surface area contributed by atoms with Crippen molar-refractivity contribution in [2.24, 2.45) is 0 Å². The Morgan fingerprint density at radius 1 is 0.684 bits per heavy atom. The minimum atomic E-state index is -0.398. The summed E-state index contributed by atoms with van der Waals surface area (Å²) in [5.74, 6) is -0.510. The topological polar surface area (TPSA) is 52.7 Å². The third-order valence-corrected chi connectivity index (χ3v) is 7.33. The predicted molar refractivity (Wildman–Crippen MR) is 153 cm³/mol. The lowest BCUT2D eigenvalue weighted by atomic mass is 9.96. The summed E-state index contributed by atoms with van der Waals surface area (Å²) in [5.41, 5.74) is 3.64. The maximum Gasteiger partial charge on any atom is 0.257 e. The van der Waals surface area contributed by atoms with Crippen LogP contribution >= 0.6 is 23.2 Å². The van der Waals surface area contributed by atoms with Gasteiger partial charge < -0.3 is 10.2 Å². The van der Waals surface area contributed by atoms with E-state index in [1.165, 1.54) is 17.2 Å². The SMILES string of the molecule is O=C(Nc1ccccc1C(=O)N1CCN(C(c2ccccc2)c2ccccc2)CC1)c1ccc(Cl)cc1Cl. The lowest BCUT2D eigenvalue weighted by molar-refractivity contribution is 0.0598. The van der Waals surface area contributed by atoms with Crippen LogP contribution in [0.3, 0.4) is 0 Å². The Kier molecular flexibility index (Phi) is 8.08. The highest BCUT2D eigenvalue weighted by Crippen LogP contribution is 2.30. The van der Waals surface area contributed by atoms with E-state index in [1.807, 2.05) is 17.0 Å². The Balaban J connectivity index is 1.31. The van der Waals surface area contributed by atoms with Gasteiger partial charge in [-0.2, -0.15) is 0 Å². The molecular formula is C31H27Cl2N3O2. The highest BCUT2D eigenvalue weighted by Gasteiger charge is 2.29. The van der Waals surface area contributed by atoms with Crippen molar-refractivity contribution in [2.75, 3.05) is 31.5 Å². The number of halogens is 2. The normalized spacial score (nSPS) is 13.9. The number of carbonyl (C=O) groups is 2. The summed E-state index contributed by atoms with van der Waals surface area (Å²) in [4.78, 5) is 30.8. The van der Waals surface area contributed by atoms with Crippen molar-refractivity contribution in [3.63, 3.8) is 0 Å². The fourth-order valence-electron chi connectivity index (χ4n) is 4.88. The van der Waals surface area contributed by atoms with Crippen molar-refractivity contribution in [1.82, 2.24) is 9.80 Å². The quantitative estimate of drug-likeness (QED) is 0.291. The van der Waals surface area contributed by atoms with Crippen LogP contribution in [0.15, 0.2) is 103 Å². The molecule has 2 amide bonds. The maximum atomic E-state index is 13.6. The summed E-state index contributed by atoms with van der Waals surface area (Å²) in [5, 5.41) is 3.55. The Bertz CT molecular complexity index is 1380. The van der Waals surface area contributed by atoms with Crippen LogP contribution in [0.25, 0.3) is 0 Å². The second-order valence-electron chi connectivity index (χ2n) is 9.18. The molecule has 1 aliphatic rings. The molecule has 4 aromatic carbocycles. The number of hydrogen-bond donors (Lipinski definition) is 1. The van der Waals surface area contributed by atoms with E-state index in [0.29, 0.717) is 34.9 Å². The average molecular weight is 544 g/mol. The number of nitrogens with one attached hydrogen (secondary N) is 1. The lowest BCUT2D eigenvalue weighted by Crippen LogP contribution is -2.50. The van der Waals surface area contributed by atoms with Crippen molar-refractivity contribution in [1.29, 1.82) is 0 Å². The molecule has 0 radical (unpaired) electrons. The van der Waals surface area contributed by atoms with Crippen LogP contribution in [0.4, 0.5) is 5.69 Å². The first-order chi connectivity index (χ1) is 18.5. The lowest BCUT2D eigenvalue weighted by Gasteiger charge is -2.40. The molecule has 0 saturated carbocycles. The zero-order chi connectivity index (χ0) is 26.5. The highest BCUT2D eigenvalue weighted by atomic mass is 35.5.